The predicted octanol–water partition coefficient (Wildman–Crippen LogP) is 4.35. The van der Waals surface area contributed by atoms with Crippen LogP contribution in [0, 0.1) is 13.8 Å². The first-order chi connectivity index (χ1) is 9.74. The number of aryl methyl sites for hydroxylation is 2. The molecular weight excluding hydrogens is 242 g/mol. The average molecular weight is 258 g/mol. The molecule has 0 aliphatic carbocycles. The molecule has 0 aliphatic rings. The van der Waals surface area contributed by atoms with E-state index in [1.165, 1.54) is 38.2 Å². The Balaban J connectivity index is 2.30. The van der Waals surface area contributed by atoms with E-state index >= 15 is 0 Å². The fourth-order valence-corrected chi connectivity index (χ4v) is 3.12. The van der Waals surface area contributed by atoms with Gasteiger partial charge in [0.25, 0.3) is 0 Å². The molecule has 0 unspecified atom stereocenters. The number of fused-ring (bicyclic) bond motifs is 4. The third kappa shape index (κ3) is 1.53. The zero-order chi connectivity index (χ0) is 13.7. The Kier molecular flexibility index (Phi) is 2.31. The molecule has 2 heterocycles. The second-order valence-corrected chi connectivity index (χ2v) is 5.50. The summed E-state index contributed by atoms with van der Waals surface area (Å²) >= 11 is 0. The summed E-state index contributed by atoms with van der Waals surface area (Å²) in [6.07, 6.45) is 4.37. The van der Waals surface area contributed by atoms with Crippen molar-refractivity contribution in [3.05, 3.63) is 72.1 Å². The van der Waals surface area contributed by atoms with Crippen molar-refractivity contribution < 1.29 is 4.40 Å². The van der Waals surface area contributed by atoms with Gasteiger partial charge in [0.1, 0.15) is 0 Å². The second kappa shape index (κ2) is 4.04. The van der Waals surface area contributed by atoms with Gasteiger partial charge in [-0.2, -0.15) is 4.40 Å². The van der Waals surface area contributed by atoms with Crippen LogP contribution in [0.2, 0.25) is 0 Å². The molecule has 4 aromatic rings. The molecule has 1 heteroatoms. The SMILES string of the molecule is Cc1cc[n+]2cc3ccc4ccccc4c3c(C)c2c1. The molecule has 2 aromatic carbocycles. The highest BCUT2D eigenvalue weighted by atomic mass is 14.8. The van der Waals surface area contributed by atoms with Crippen LogP contribution in [0.15, 0.2) is 60.9 Å². The lowest BCUT2D eigenvalue weighted by atomic mass is 9.98. The molecular formula is C19H16N+. The molecule has 0 bridgehead atoms. The van der Waals surface area contributed by atoms with Gasteiger partial charge < -0.3 is 0 Å². The van der Waals surface area contributed by atoms with Crippen LogP contribution in [-0.4, -0.2) is 0 Å². The Hall–Kier alpha value is -2.41. The van der Waals surface area contributed by atoms with Gasteiger partial charge in [0.2, 0.25) is 5.52 Å². The molecule has 0 saturated heterocycles. The Morgan fingerprint density at radius 2 is 1.65 bits per heavy atom. The maximum Gasteiger partial charge on any atom is 0.214 e. The first kappa shape index (κ1) is 11.4. The number of hydrogen-bond donors (Lipinski definition) is 0. The summed E-state index contributed by atoms with van der Waals surface area (Å²) < 4.78 is 2.22. The number of benzene rings is 2. The van der Waals surface area contributed by atoms with E-state index in [-0.39, 0.29) is 0 Å². The van der Waals surface area contributed by atoms with E-state index in [0.717, 1.165) is 0 Å². The van der Waals surface area contributed by atoms with Crippen LogP contribution in [0.5, 0.6) is 0 Å². The second-order valence-electron chi connectivity index (χ2n) is 5.50. The first-order valence-electron chi connectivity index (χ1n) is 6.97. The van der Waals surface area contributed by atoms with Gasteiger partial charge in [-0.15, -0.1) is 0 Å². The predicted molar refractivity (Wildman–Crippen MR) is 84.1 cm³/mol. The van der Waals surface area contributed by atoms with Gasteiger partial charge >= 0.3 is 0 Å². The molecule has 0 atom stereocenters. The van der Waals surface area contributed by atoms with Gasteiger partial charge in [0.15, 0.2) is 12.4 Å². The van der Waals surface area contributed by atoms with Crippen molar-refractivity contribution in [3.8, 4) is 0 Å². The highest BCUT2D eigenvalue weighted by Gasteiger charge is 2.13. The third-order valence-corrected chi connectivity index (χ3v) is 4.14. The standard InChI is InChI=1S/C19H16N/c1-13-9-10-20-12-16-8-7-15-5-3-4-6-17(15)19(16)14(2)18(20)11-13/h3-12H,1-2H3/q+1. The fraction of sp³-hybridized carbons (Fsp3) is 0.105. The van der Waals surface area contributed by atoms with Crippen molar-refractivity contribution >= 4 is 27.1 Å². The van der Waals surface area contributed by atoms with Gasteiger partial charge in [-0.3, -0.25) is 0 Å². The molecule has 0 spiro atoms. The van der Waals surface area contributed by atoms with Crippen molar-refractivity contribution in [3.63, 3.8) is 0 Å². The summed E-state index contributed by atoms with van der Waals surface area (Å²) in [7, 11) is 0. The van der Waals surface area contributed by atoms with Gasteiger partial charge in [0.05, 0.1) is 0 Å². The monoisotopic (exact) mass is 258 g/mol. The lowest BCUT2D eigenvalue weighted by Crippen LogP contribution is -2.21. The van der Waals surface area contributed by atoms with Crippen LogP contribution >= 0.6 is 0 Å². The zero-order valence-corrected chi connectivity index (χ0v) is 11.7. The number of aromatic nitrogens is 1. The summed E-state index contributed by atoms with van der Waals surface area (Å²) in [5.41, 5.74) is 3.93. The van der Waals surface area contributed by atoms with Crippen molar-refractivity contribution in [1.29, 1.82) is 0 Å². The molecule has 4 rings (SSSR count). The summed E-state index contributed by atoms with van der Waals surface area (Å²) in [4.78, 5) is 0. The van der Waals surface area contributed by atoms with Crippen LogP contribution in [0.3, 0.4) is 0 Å². The maximum atomic E-state index is 2.26. The number of nitrogens with zero attached hydrogens (tertiary/aromatic N) is 1. The van der Waals surface area contributed by atoms with Gasteiger partial charge in [-0.1, -0.05) is 30.3 Å². The Bertz CT molecular complexity index is 967. The van der Waals surface area contributed by atoms with Crippen molar-refractivity contribution in [2.45, 2.75) is 13.8 Å². The van der Waals surface area contributed by atoms with Gasteiger partial charge in [0, 0.05) is 28.5 Å². The van der Waals surface area contributed by atoms with E-state index in [9.17, 15) is 0 Å². The first-order valence-corrected chi connectivity index (χ1v) is 6.97. The molecule has 0 amide bonds. The molecule has 20 heavy (non-hydrogen) atoms. The molecule has 0 radical (unpaired) electrons. The van der Waals surface area contributed by atoms with E-state index < -0.39 is 0 Å². The smallest absolute Gasteiger partial charge is 0.166 e. The lowest BCUT2D eigenvalue weighted by Gasteiger charge is -2.07. The van der Waals surface area contributed by atoms with E-state index in [1.807, 2.05) is 0 Å². The highest BCUT2D eigenvalue weighted by molar-refractivity contribution is 6.09. The quantitative estimate of drug-likeness (QED) is 0.251. The van der Waals surface area contributed by atoms with E-state index in [2.05, 4.69) is 79.2 Å². The molecule has 96 valence electrons. The third-order valence-electron chi connectivity index (χ3n) is 4.14. The summed E-state index contributed by atoms with van der Waals surface area (Å²) in [5, 5.41) is 5.31. The van der Waals surface area contributed by atoms with Crippen LogP contribution in [0.25, 0.3) is 27.1 Å². The lowest BCUT2D eigenvalue weighted by molar-refractivity contribution is -0.510. The molecule has 1 nitrogen and oxygen atoms in total. The van der Waals surface area contributed by atoms with Crippen LogP contribution < -0.4 is 4.40 Å². The summed E-state index contributed by atoms with van der Waals surface area (Å²) in [6, 6.07) is 17.5. The Labute approximate surface area is 118 Å². The van der Waals surface area contributed by atoms with Crippen LogP contribution in [0.1, 0.15) is 11.1 Å². The maximum absolute atomic E-state index is 2.26. The minimum atomic E-state index is 1.29. The molecule has 0 aliphatic heterocycles. The summed E-state index contributed by atoms with van der Waals surface area (Å²) in [6.45, 7) is 4.37. The summed E-state index contributed by atoms with van der Waals surface area (Å²) in [5.74, 6) is 0. The van der Waals surface area contributed by atoms with Gasteiger partial charge in [-0.25, -0.2) is 0 Å². The average Bonchev–Trinajstić information content (AvgIpc) is 2.48. The number of rotatable bonds is 0. The van der Waals surface area contributed by atoms with E-state index in [1.54, 1.807) is 0 Å². The Morgan fingerprint density at radius 3 is 2.55 bits per heavy atom. The molecule has 0 N–H and O–H groups in total. The largest absolute Gasteiger partial charge is 0.214 e. The minimum absolute atomic E-state index is 1.29. The molecule has 2 aromatic heterocycles. The van der Waals surface area contributed by atoms with E-state index in [0.29, 0.717) is 0 Å². The topological polar surface area (TPSA) is 4.10 Å². The van der Waals surface area contributed by atoms with Crippen molar-refractivity contribution in [2.75, 3.05) is 0 Å². The van der Waals surface area contributed by atoms with Crippen molar-refractivity contribution in [1.82, 2.24) is 0 Å². The van der Waals surface area contributed by atoms with Crippen LogP contribution in [0.4, 0.5) is 0 Å². The normalized spacial score (nSPS) is 11.5. The Morgan fingerprint density at radius 1 is 0.850 bits per heavy atom. The van der Waals surface area contributed by atoms with Gasteiger partial charge in [-0.05, 0) is 36.2 Å². The minimum Gasteiger partial charge on any atom is -0.166 e. The van der Waals surface area contributed by atoms with Crippen molar-refractivity contribution in [2.24, 2.45) is 0 Å². The number of hydrogen-bond acceptors (Lipinski definition) is 0. The van der Waals surface area contributed by atoms with E-state index in [4.69, 9.17) is 0 Å². The molecule has 0 saturated carbocycles. The highest BCUT2D eigenvalue weighted by Crippen LogP contribution is 2.28. The van der Waals surface area contributed by atoms with Crippen LogP contribution in [-0.2, 0) is 0 Å². The zero-order valence-electron chi connectivity index (χ0n) is 11.7. The number of pyridine rings is 2. The fourth-order valence-electron chi connectivity index (χ4n) is 3.12. The molecule has 0 fully saturated rings.